The van der Waals surface area contributed by atoms with Gasteiger partial charge in [-0.25, -0.2) is 9.37 Å². The number of hydrogen-bond donors (Lipinski definition) is 1. The Morgan fingerprint density at radius 3 is 2.66 bits per heavy atom. The second kappa shape index (κ2) is 8.21. The number of aliphatic hydroxyl groups is 1. The van der Waals surface area contributed by atoms with E-state index in [1.165, 1.54) is 23.6 Å². The number of pyridine rings is 1. The summed E-state index contributed by atoms with van der Waals surface area (Å²) >= 11 is 0. The van der Waals surface area contributed by atoms with Gasteiger partial charge in [-0.05, 0) is 103 Å². The number of rotatable bonds is 7. The molecule has 1 unspecified atom stereocenters. The van der Waals surface area contributed by atoms with Crippen LogP contribution in [-0.2, 0) is 13.0 Å². The number of aryl methyl sites for hydroxylation is 2. The van der Waals surface area contributed by atoms with Gasteiger partial charge in [0.1, 0.15) is 24.8 Å². The summed E-state index contributed by atoms with van der Waals surface area (Å²) in [5.74, 6) is 2.49. The summed E-state index contributed by atoms with van der Waals surface area (Å²) in [6, 6.07) is 11.1. The third-order valence-corrected chi connectivity index (χ3v) is 6.51. The van der Waals surface area contributed by atoms with Crippen LogP contribution in [0.1, 0.15) is 47.1 Å². The van der Waals surface area contributed by atoms with E-state index in [9.17, 15) is 9.50 Å². The summed E-state index contributed by atoms with van der Waals surface area (Å²) in [4.78, 5) is 4.44. The Labute approximate surface area is 188 Å². The lowest BCUT2D eigenvalue weighted by molar-refractivity contribution is 0.122. The number of fused-ring (bicyclic) bond motifs is 3. The monoisotopic (exact) mass is 433 g/mol. The fraction of sp³-hybridized carbons (Fsp3) is 0.370. The maximum absolute atomic E-state index is 14.6. The summed E-state index contributed by atoms with van der Waals surface area (Å²) in [6.45, 7) is 6.09. The van der Waals surface area contributed by atoms with Crippen LogP contribution in [0.2, 0.25) is 0 Å². The maximum atomic E-state index is 14.6. The molecule has 2 aromatic carbocycles. The van der Waals surface area contributed by atoms with Crippen molar-refractivity contribution in [2.24, 2.45) is 5.92 Å². The highest BCUT2D eigenvalue weighted by Crippen LogP contribution is 2.56. The molecule has 0 radical (unpaired) electrons. The van der Waals surface area contributed by atoms with Gasteiger partial charge in [0.25, 0.3) is 0 Å². The first-order valence-corrected chi connectivity index (χ1v) is 11.2. The topological polar surface area (TPSA) is 51.6 Å². The molecule has 0 amide bonds. The van der Waals surface area contributed by atoms with Crippen LogP contribution in [0.3, 0.4) is 0 Å². The Hall–Kier alpha value is -2.92. The van der Waals surface area contributed by atoms with E-state index in [0.29, 0.717) is 17.4 Å². The molecule has 1 heterocycles. The second-order valence-corrected chi connectivity index (χ2v) is 9.21. The van der Waals surface area contributed by atoms with Crippen molar-refractivity contribution in [2.45, 2.75) is 52.2 Å². The van der Waals surface area contributed by atoms with Crippen molar-refractivity contribution in [2.75, 3.05) is 6.61 Å². The third kappa shape index (κ3) is 4.09. The SMILES string of the molecule is Cc1cc(OCC(C)O)cc(C)c1-c1ccc(F)c(COc2cc3c(cn2)[C@@H]2C[C@@H]2C3)c1. The first-order chi connectivity index (χ1) is 15.4. The Kier molecular flexibility index (Phi) is 5.38. The van der Waals surface area contributed by atoms with Crippen molar-refractivity contribution in [3.8, 4) is 22.8 Å². The van der Waals surface area contributed by atoms with E-state index >= 15 is 0 Å². The van der Waals surface area contributed by atoms with Gasteiger partial charge in [0.05, 0.1) is 6.10 Å². The minimum atomic E-state index is -0.527. The van der Waals surface area contributed by atoms with Crippen molar-refractivity contribution in [3.63, 3.8) is 0 Å². The molecule has 0 bridgehead atoms. The van der Waals surface area contributed by atoms with Crippen LogP contribution in [0.5, 0.6) is 11.6 Å². The summed E-state index contributed by atoms with van der Waals surface area (Å²) in [5.41, 5.74) is 7.23. The number of hydrogen-bond acceptors (Lipinski definition) is 4. The molecule has 1 saturated carbocycles. The van der Waals surface area contributed by atoms with E-state index in [-0.39, 0.29) is 19.0 Å². The highest BCUT2D eigenvalue weighted by Gasteiger charge is 2.45. The van der Waals surface area contributed by atoms with Crippen LogP contribution in [0.15, 0.2) is 42.6 Å². The molecule has 2 aliphatic carbocycles. The highest BCUT2D eigenvalue weighted by atomic mass is 19.1. The highest BCUT2D eigenvalue weighted by molar-refractivity contribution is 5.72. The van der Waals surface area contributed by atoms with Crippen LogP contribution >= 0.6 is 0 Å². The molecule has 5 rings (SSSR count). The largest absolute Gasteiger partial charge is 0.491 e. The quantitative estimate of drug-likeness (QED) is 0.534. The lowest BCUT2D eigenvalue weighted by Crippen LogP contribution is -2.13. The lowest BCUT2D eigenvalue weighted by Gasteiger charge is -2.16. The van der Waals surface area contributed by atoms with Crippen LogP contribution < -0.4 is 9.47 Å². The van der Waals surface area contributed by atoms with E-state index in [2.05, 4.69) is 4.98 Å². The summed E-state index contributed by atoms with van der Waals surface area (Å²) < 4.78 is 26.1. The summed E-state index contributed by atoms with van der Waals surface area (Å²) in [5, 5.41) is 9.46. The number of ether oxygens (including phenoxy) is 2. The van der Waals surface area contributed by atoms with Gasteiger partial charge in [-0.1, -0.05) is 6.07 Å². The van der Waals surface area contributed by atoms with Gasteiger partial charge in [0.2, 0.25) is 5.88 Å². The lowest BCUT2D eigenvalue weighted by atomic mass is 9.94. The van der Waals surface area contributed by atoms with Crippen LogP contribution in [0.25, 0.3) is 11.1 Å². The third-order valence-electron chi connectivity index (χ3n) is 6.51. The molecule has 5 heteroatoms. The van der Waals surface area contributed by atoms with Gasteiger partial charge in [-0.2, -0.15) is 0 Å². The van der Waals surface area contributed by atoms with E-state index in [1.54, 1.807) is 13.0 Å². The zero-order valence-electron chi connectivity index (χ0n) is 18.7. The molecule has 0 spiro atoms. The number of aromatic nitrogens is 1. The summed E-state index contributed by atoms with van der Waals surface area (Å²) in [6.07, 6.45) is 3.81. The van der Waals surface area contributed by atoms with Gasteiger partial charge in [0.15, 0.2) is 0 Å². The number of nitrogens with zero attached hydrogens (tertiary/aromatic N) is 1. The Morgan fingerprint density at radius 1 is 1.12 bits per heavy atom. The van der Waals surface area contributed by atoms with Crippen LogP contribution in [0.4, 0.5) is 4.39 Å². The number of benzene rings is 2. The Morgan fingerprint density at radius 2 is 1.91 bits per heavy atom. The molecule has 0 saturated heterocycles. The molecule has 2 aliphatic rings. The predicted molar refractivity (Wildman–Crippen MR) is 122 cm³/mol. The molecule has 1 aromatic heterocycles. The molecule has 3 atom stereocenters. The van der Waals surface area contributed by atoms with Gasteiger partial charge < -0.3 is 14.6 Å². The first kappa shape index (κ1) is 21.0. The zero-order chi connectivity index (χ0) is 22.4. The van der Waals surface area contributed by atoms with Gasteiger partial charge in [-0.3, -0.25) is 0 Å². The molecule has 1 fully saturated rings. The molecule has 3 aromatic rings. The Balaban J connectivity index is 1.35. The standard InChI is InChI=1S/C27H28FNO3/c1-15-6-22(31-13-17(3)30)7-16(2)27(15)18-4-5-25(28)21(8-18)14-32-26-11-20-9-19-10-23(19)24(20)12-29-26/h4-8,11-12,17,19,23,30H,9-10,13-14H2,1-3H3/t17?,19-,23+/m0/s1. The van der Waals surface area contributed by atoms with E-state index in [1.807, 2.05) is 44.3 Å². The van der Waals surface area contributed by atoms with Crippen molar-refractivity contribution in [1.29, 1.82) is 0 Å². The molecular weight excluding hydrogens is 405 g/mol. The fourth-order valence-corrected chi connectivity index (χ4v) is 4.88. The molecule has 0 aliphatic heterocycles. The normalized spacial score (nSPS) is 19.3. The minimum absolute atomic E-state index is 0.131. The average Bonchev–Trinajstić information content (AvgIpc) is 3.42. The molecule has 4 nitrogen and oxygen atoms in total. The van der Waals surface area contributed by atoms with E-state index in [4.69, 9.17) is 9.47 Å². The van der Waals surface area contributed by atoms with E-state index < -0.39 is 6.10 Å². The fourth-order valence-electron chi connectivity index (χ4n) is 4.88. The molecule has 32 heavy (non-hydrogen) atoms. The molecular formula is C27H28FNO3. The van der Waals surface area contributed by atoms with Crippen LogP contribution in [0, 0.1) is 25.6 Å². The average molecular weight is 434 g/mol. The van der Waals surface area contributed by atoms with Crippen LogP contribution in [-0.4, -0.2) is 22.8 Å². The van der Waals surface area contributed by atoms with Crippen molar-refractivity contribution < 1.29 is 19.0 Å². The first-order valence-electron chi connectivity index (χ1n) is 11.2. The van der Waals surface area contributed by atoms with Gasteiger partial charge in [-0.15, -0.1) is 0 Å². The number of aliphatic hydroxyl groups excluding tert-OH is 1. The molecule has 1 N–H and O–H groups in total. The molecule has 166 valence electrons. The zero-order valence-corrected chi connectivity index (χ0v) is 18.7. The van der Waals surface area contributed by atoms with Crippen molar-refractivity contribution >= 4 is 0 Å². The van der Waals surface area contributed by atoms with Gasteiger partial charge >= 0.3 is 0 Å². The van der Waals surface area contributed by atoms with E-state index in [0.717, 1.165) is 40.3 Å². The second-order valence-electron chi connectivity index (χ2n) is 9.21. The Bertz CT molecular complexity index is 1150. The smallest absolute Gasteiger partial charge is 0.213 e. The predicted octanol–water partition coefficient (Wildman–Crippen LogP) is 5.50. The van der Waals surface area contributed by atoms with Gasteiger partial charge in [0, 0.05) is 17.8 Å². The van der Waals surface area contributed by atoms with Crippen molar-refractivity contribution in [1.82, 2.24) is 4.98 Å². The minimum Gasteiger partial charge on any atom is -0.491 e. The summed E-state index contributed by atoms with van der Waals surface area (Å²) in [7, 11) is 0. The van der Waals surface area contributed by atoms with Crippen molar-refractivity contribution in [3.05, 3.63) is 76.2 Å². The number of halogens is 1. The maximum Gasteiger partial charge on any atom is 0.213 e.